The van der Waals surface area contributed by atoms with Crippen LogP contribution in [-0.2, 0) is 0 Å². The van der Waals surface area contributed by atoms with Gasteiger partial charge in [-0.3, -0.25) is 4.79 Å². The Bertz CT molecular complexity index is 788. The Hall–Kier alpha value is -2.47. The molecular formula is C18H18N4OS. The molecule has 0 saturated carbocycles. The predicted octanol–water partition coefficient (Wildman–Crippen LogP) is 3.48. The fourth-order valence-corrected chi connectivity index (χ4v) is 3.83. The second-order valence-electron chi connectivity index (χ2n) is 6.00. The van der Waals surface area contributed by atoms with Crippen molar-refractivity contribution >= 4 is 17.2 Å². The Labute approximate surface area is 144 Å². The van der Waals surface area contributed by atoms with Crippen molar-refractivity contribution in [2.45, 2.75) is 18.9 Å². The number of thiophene rings is 1. The molecule has 0 N–H and O–H groups in total. The van der Waals surface area contributed by atoms with E-state index >= 15 is 0 Å². The second kappa shape index (κ2) is 6.57. The number of carbonyl (C=O) groups is 1. The van der Waals surface area contributed by atoms with Crippen molar-refractivity contribution in [2.24, 2.45) is 0 Å². The molecule has 0 unspecified atom stereocenters. The number of benzene rings is 1. The van der Waals surface area contributed by atoms with Gasteiger partial charge in [-0.15, -0.1) is 5.10 Å². The quantitative estimate of drug-likeness (QED) is 0.734. The summed E-state index contributed by atoms with van der Waals surface area (Å²) in [7, 11) is 0. The lowest BCUT2D eigenvalue weighted by Gasteiger charge is -2.31. The van der Waals surface area contributed by atoms with Crippen molar-refractivity contribution in [3.8, 4) is 11.1 Å². The van der Waals surface area contributed by atoms with E-state index in [4.69, 9.17) is 0 Å². The van der Waals surface area contributed by atoms with Crippen LogP contribution in [0, 0.1) is 0 Å². The summed E-state index contributed by atoms with van der Waals surface area (Å²) in [6, 6.07) is 10.3. The average molecular weight is 338 g/mol. The van der Waals surface area contributed by atoms with Crippen molar-refractivity contribution in [3.63, 3.8) is 0 Å². The second-order valence-corrected chi connectivity index (χ2v) is 6.78. The number of aromatic nitrogens is 3. The molecule has 3 heterocycles. The summed E-state index contributed by atoms with van der Waals surface area (Å²) >= 11 is 1.68. The van der Waals surface area contributed by atoms with Crippen molar-refractivity contribution < 1.29 is 4.79 Å². The maximum atomic E-state index is 12.7. The largest absolute Gasteiger partial charge is 0.338 e. The van der Waals surface area contributed by atoms with Gasteiger partial charge in [0.15, 0.2) is 0 Å². The first kappa shape index (κ1) is 15.1. The van der Waals surface area contributed by atoms with E-state index in [1.54, 1.807) is 17.5 Å². The molecule has 0 spiro atoms. The summed E-state index contributed by atoms with van der Waals surface area (Å²) in [6.07, 6.45) is 5.43. The van der Waals surface area contributed by atoms with Crippen LogP contribution in [0.25, 0.3) is 11.1 Å². The first-order valence-electron chi connectivity index (χ1n) is 8.09. The molecule has 1 aromatic carbocycles. The number of rotatable bonds is 3. The molecule has 1 fully saturated rings. The van der Waals surface area contributed by atoms with Gasteiger partial charge in [0.1, 0.15) is 0 Å². The Morgan fingerprint density at radius 1 is 1.08 bits per heavy atom. The normalized spacial score (nSPS) is 15.6. The zero-order chi connectivity index (χ0) is 16.4. The molecule has 1 amide bonds. The molecule has 0 aliphatic carbocycles. The number of piperidine rings is 1. The van der Waals surface area contributed by atoms with E-state index in [0.717, 1.165) is 37.1 Å². The molecule has 5 nitrogen and oxygen atoms in total. The third kappa shape index (κ3) is 2.97. The summed E-state index contributed by atoms with van der Waals surface area (Å²) in [4.78, 5) is 14.6. The van der Waals surface area contributed by atoms with Gasteiger partial charge in [0.25, 0.3) is 5.91 Å². The molecule has 0 atom stereocenters. The fourth-order valence-electron chi connectivity index (χ4n) is 3.16. The van der Waals surface area contributed by atoms with E-state index in [9.17, 15) is 4.79 Å². The summed E-state index contributed by atoms with van der Waals surface area (Å²) in [5.74, 6) is 0.115. The standard InChI is InChI=1S/C18H18N4OS/c23-18(15-3-1-14(2-4-15)16-7-12-24-13-16)21-9-5-17(6-10-21)22-11-8-19-20-22/h1-4,7-8,11-13,17H,5-6,9-10H2. The molecule has 24 heavy (non-hydrogen) atoms. The SMILES string of the molecule is O=C(c1ccc(-c2ccsc2)cc1)N1CCC(n2ccnn2)CC1. The van der Waals surface area contributed by atoms with Gasteiger partial charge in [-0.1, -0.05) is 17.3 Å². The van der Waals surface area contributed by atoms with E-state index in [0.29, 0.717) is 6.04 Å². The van der Waals surface area contributed by atoms with E-state index in [1.807, 2.05) is 40.0 Å². The van der Waals surface area contributed by atoms with Gasteiger partial charge in [-0.2, -0.15) is 11.3 Å². The monoisotopic (exact) mass is 338 g/mol. The fraction of sp³-hybridized carbons (Fsp3) is 0.278. The topological polar surface area (TPSA) is 51.0 Å². The lowest BCUT2D eigenvalue weighted by atomic mass is 10.0. The van der Waals surface area contributed by atoms with E-state index in [2.05, 4.69) is 27.1 Å². The minimum absolute atomic E-state index is 0.115. The molecule has 122 valence electrons. The molecule has 4 rings (SSSR count). The van der Waals surface area contributed by atoms with Crippen LogP contribution < -0.4 is 0 Å². The van der Waals surface area contributed by atoms with Crippen LogP contribution in [0.4, 0.5) is 0 Å². The van der Waals surface area contributed by atoms with Crippen molar-refractivity contribution in [1.82, 2.24) is 19.9 Å². The van der Waals surface area contributed by atoms with Crippen molar-refractivity contribution in [2.75, 3.05) is 13.1 Å². The lowest BCUT2D eigenvalue weighted by molar-refractivity contribution is 0.0689. The first-order valence-corrected chi connectivity index (χ1v) is 9.03. The Morgan fingerprint density at radius 2 is 1.88 bits per heavy atom. The lowest BCUT2D eigenvalue weighted by Crippen LogP contribution is -2.39. The average Bonchev–Trinajstić information content (AvgIpc) is 3.35. The van der Waals surface area contributed by atoms with Crippen molar-refractivity contribution in [3.05, 3.63) is 59.0 Å². The van der Waals surface area contributed by atoms with Gasteiger partial charge in [-0.25, -0.2) is 4.68 Å². The smallest absolute Gasteiger partial charge is 0.253 e. The predicted molar refractivity (Wildman–Crippen MR) is 94.0 cm³/mol. The third-order valence-corrected chi connectivity index (χ3v) is 5.24. The minimum Gasteiger partial charge on any atom is -0.338 e. The van der Waals surface area contributed by atoms with E-state index in [1.165, 1.54) is 5.56 Å². The van der Waals surface area contributed by atoms with Crippen LogP contribution in [0.15, 0.2) is 53.5 Å². The third-order valence-electron chi connectivity index (χ3n) is 4.55. The zero-order valence-corrected chi connectivity index (χ0v) is 14.0. The number of likely N-dealkylation sites (tertiary alicyclic amines) is 1. The van der Waals surface area contributed by atoms with Crippen LogP contribution in [0.2, 0.25) is 0 Å². The number of carbonyl (C=O) groups excluding carboxylic acids is 1. The van der Waals surface area contributed by atoms with Gasteiger partial charge >= 0.3 is 0 Å². The molecule has 2 aromatic heterocycles. The Morgan fingerprint density at radius 3 is 2.50 bits per heavy atom. The van der Waals surface area contributed by atoms with Gasteiger partial charge < -0.3 is 4.90 Å². The highest BCUT2D eigenvalue weighted by atomic mass is 32.1. The van der Waals surface area contributed by atoms with Crippen LogP contribution in [-0.4, -0.2) is 38.9 Å². The molecule has 1 aliphatic rings. The molecule has 1 aliphatic heterocycles. The highest BCUT2D eigenvalue weighted by Crippen LogP contribution is 2.25. The van der Waals surface area contributed by atoms with Gasteiger partial charge in [0.05, 0.1) is 12.2 Å². The van der Waals surface area contributed by atoms with Crippen LogP contribution in [0.3, 0.4) is 0 Å². The number of amides is 1. The number of hydrogen-bond acceptors (Lipinski definition) is 4. The number of nitrogens with zero attached hydrogens (tertiary/aromatic N) is 4. The highest BCUT2D eigenvalue weighted by Gasteiger charge is 2.24. The zero-order valence-electron chi connectivity index (χ0n) is 13.2. The highest BCUT2D eigenvalue weighted by molar-refractivity contribution is 7.08. The minimum atomic E-state index is 0.115. The Balaban J connectivity index is 1.41. The van der Waals surface area contributed by atoms with Gasteiger partial charge in [-0.05, 0) is 52.9 Å². The maximum absolute atomic E-state index is 12.7. The maximum Gasteiger partial charge on any atom is 0.253 e. The Kier molecular flexibility index (Phi) is 4.13. The molecular weight excluding hydrogens is 320 g/mol. The van der Waals surface area contributed by atoms with Crippen LogP contribution in [0.1, 0.15) is 29.2 Å². The summed E-state index contributed by atoms with van der Waals surface area (Å²) in [5, 5.41) is 12.1. The first-order chi connectivity index (χ1) is 11.8. The van der Waals surface area contributed by atoms with Gasteiger partial charge in [0, 0.05) is 24.8 Å². The molecule has 0 bridgehead atoms. The molecule has 1 saturated heterocycles. The van der Waals surface area contributed by atoms with E-state index in [-0.39, 0.29) is 5.91 Å². The summed E-state index contributed by atoms with van der Waals surface area (Å²) < 4.78 is 1.90. The van der Waals surface area contributed by atoms with Crippen LogP contribution in [0.5, 0.6) is 0 Å². The van der Waals surface area contributed by atoms with E-state index < -0.39 is 0 Å². The van der Waals surface area contributed by atoms with Gasteiger partial charge in [0.2, 0.25) is 0 Å². The molecule has 3 aromatic rings. The van der Waals surface area contributed by atoms with Crippen LogP contribution >= 0.6 is 11.3 Å². The molecule has 0 radical (unpaired) electrons. The summed E-state index contributed by atoms with van der Waals surface area (Å²) in [5.41, 5.74) is 3.11. The van der Waals surface area contributed by atoms with Crippen molar-refractivity contribution in [1.29, 1.82) is 0 Å². The summed E-state index contributed by atoms with van der Waals surface area (Å²) in [6.45, 7) is 1.52. The molecule has 6 heteroatoms. The number of hydrogen-bond donors (Lipinski definition) is 0.